The lowest BCUT2D eigenvalue weighted by Gasteiger charge is -2.21. The van der Waals surface area contributed by atoms with Crippen molar-refractivity contribution in [3.63, 3.8) is 0 Å². The molecule has 5 rings (SSSR count). The van der Waals surface area contributed by atoms with Crippen LogP contribution >= 0.6 is 0 Å². The zero-order chi connectivity index (χ0) is 24.3. The molecule has 0 saturated heterocycles. The van der Waals surface area contributed by atoms with Gasteiger partial charge in [0.2, 0.25) is 5.95 Å². The van der Waals surface area contributed by atoms with Crippen molar-refractivity contribution < 1.29 is 13.6 Å². The Morgan fingerprint density at radius 3 is 2.40 bits per heavy atom. The number of oxime groups is 1. The van der Waals surface area contributed by atoms with Gasteiger partial charge < -0.3 is 10.5 Å². The number of sulfone groups is 1. The molecular weight excluding hydrogens is 460 g/mol. The molecule has 2 aromatic carbocycles. The van der Waals surface area contributed by atoms with Crippen LogP contribution in [0.25, 0.3) is 12.2 Å². The first kappa shape index (κ1) is 23.2. The lowest BCUT2D eigenvalue weighted by atomic mass is 10.0. The van der Waals surface area contributed by atoms with Gasteiger partial charge >= 0.3 is 0 Å². The molecule has 0 unspecified atom stereocenters. The van der Waals surface area contributed by atoms with Crippen LogP contribution in [0.1, 0.15) is 60.8 Å². The van der Waals surface area contributed by atoms with Crippen LogP contribution in [0.5, 0.6) is 0 Å². The molecule has 1 aromatic heterocycles. The maximum Gasteiger partial charge on any atom is 0.227 e. The summed E-state index contributed by atoms with van der Waals surface area (Å²) in [6.07, 6.45) is 13.6. The Morgan fingerprint density at radius 1 is 0.943 bits per heavy atom. The van der Waals surface area contributed by atoms with Crippen molar-refractivity contribution in [2.75, 3.05) is 5.32 Å². The highest BCUT2D eigenvalue weighted by Crippen LogP contribution is 2.30. The molecule has 1 fully saturated rings. The number of fused-ring (bicyclic) bond motifs is 1. The second kappa shape index (κ2) is 10.00. The standard InChI is InChI=1S/C27H28N4O3S/c32-31-26-16-15-24-20(5-4-8-25(24)26)10-9-19-17-28-27(29-18-19)30-21-11-13-23(14-12-21)35(33,34)22-6-2-1-3-7-22/h4-5,8-14,17-18,22,32H,1-3,6-7,15-16H2,(H,28,29,30)/b10-9+,31-26-. The molecule has 1 saturated carbocycles. The molecule has 35 heavy (non-hydrogen) atoms. The molecule has 2 N–H and O–H groups in total. The summed E-state index contributed by atoms with van der Waals surface area (Å²) in [5.41, 5.74) is 5.60. The third-order valence-electron chi connectivity index (χ3n) is 6.81. The van der Waals surface area contributed by atoms with Crippen LogP contribution in [0.4, 0.5) is 11.6 Å². The predicted octanol–water partition coefficient (Wildman–Crippen LogP) is 5.62. The number of aromatic nitrogens is 2. The monoisotopic (exact) mass is 488 g/mol. The van der Waals surface area contributed by atoms with Crippen molar-refractivity contribution in [1.82, 2.24) is 9.97 Å². The second-order valence-corrected chi connectivity index (χ2v) is 11.3. The fraction of sp³-hybridized carbons (Fsp3) is 0.296. The first-order valence-corrected chi connectivity index (χ1v) is 13.5. The van der Waals surface area contributed by atoms with Gasteiger partial charge in [-0.1, -0.05) is 54.8 Å². The van der Waals surface area contributed by atoms with E-state index in [1.165, 1.54) is 5.56 Å². The number of hydrogen-bond acceptors (Lipinski definition) is 7. The molecule has 2 aliphatic rings. The summed E-state index contributed by atoms with van der Waals surface area (Å²) >= 11 is 0. The largest absolute Gasteiger partial charge is 0.411 e. The van der Waals surface area contributed by atoms with E-state index in [4.69, 9.17) is 5.21 Å². The number of nitrogens with zero attached hydrogens (tertiary/aromatic N) is 3. The lowest BCUT2D eigenvalue weighted by molar-refractivity contribution is 0.318. The third-order valence-corrected chi connectivity index (χ3v) is 9.09. The average Bonchev–Trinajstić information content (AvgIpc) is 3.33. The predicted molar refractivity (Wildman–Crippen MR) is 138 cm³/mol. The highest BCUT2D eigenvalue weighted by molar-refractivity contribution is 7.92. The number of hydrogen-bond donors (Lipinski definition) is 2. The van der Waals surface area contributed by atoms with E-state index in [0.717, 1.165) is 73.0 Å². The summed E-state index contributed by atoms with van der Waals surface area (Å²) in [7, 11) is -3.28. The average molecular weight is 489 g/mol. The van der Waals surface area contributed by atoms with Gasteiger partial charge in [0.05, 0.1) is 15.9 Å². The minimum absolute atomic E-state index is 0.263. The molecule has 0 atom stereocenters. The molecule has 2 aliphatic carbocycles. The number of benzene rings is 2. The quantitative estimate of drug-likeness (QED) is 0.345. The zero-order valence-electron chi connectivity index (χ0n) is 19.4. The van der Waals surface area contributed by atoms with Crippen LogP contribution < -0.4 is 5.32 Å². The second-order valence-electron chi connectivity index (χ2n) is 9.05. The van der Waals surface area contributed by atoms with Crippen molar-refractivity contribution in [3.8, 4) is 0 Å². The minimum Gasteiger partial charge on any atom is -0.411 e. The number of rotatable bonds is 6. The Hall–Kier alpha value is -3.52. The van der Waals surface area contributed by atoms with Gasteiger partial charge in [-0.25, -0.2) is 18.4 Å². The van der Waals surface area contributed by atoms with E-state index >= 15 is 0 Å². The van der Waals surface area contributed by atoms with Gasteiger partial charge in [-0.05, 0) is 61.1 Å². The molecule has 0 amide bonds. The Kier molecular flexibility index (Phi) is 6.63. The highest BCUT2D eigenvalue weighted by Gasteiger charge is 2.28. The third kappa shape index (κ3) is 4.98. The molecule has 0 bridgehead atoms. The molecule has 8 heteroatoms. The summed E-state index contributed by atoms with van der Waals surface area (Å²) in [6, 6.07) is 12.8. The summed E-state index contributed by atoms with van der Waals surface area (Å²) in [5, 5.41) is 15.4. The number of nitrogens with one attached hydrogen (secondary N) is 1. The molecule has 1 heterocycles. The Balaban J connectivity index is 1.24. The Bertz CT molecular complexity index is 1360. The maximum atomic E-state index is 12.9. The molecule has 0 radical (unpaired) electrons. The van der Waals surface area contributed by atoms with Gasteiger partial charge in [0.25, 0.3) is 0 Å². The lowest BCUT2D eigenvalue weighted by Crippen LogP contribution is -2.24. The molecule has 3 aromatic rings. The summed E-state index contributed by atoms with van der Waals surface area (Å²) < 4.78 is 25.8. The molecule has 7 nitrogen and oxygen atoms in total. The summed E-state index contributed by atoms with van der Waals surface area (Å²) in [5.74, 6) is 0.439. The van der Waals surface area contributed by atoms with Crippen LogP contribution in [0.15, 0.2) is 64.9 Å². The van der Waals surface area contributed by atoms with Crippen molar-refractivity contribution in [1.29, 1.82) is 0 Å². The number of anilines is 2. The van der Waals surface area contributed by atoms with E-state index in [1.54, 1.807) is 36.7 Å². The van der Waals surface area contributed by atoms with Crippen LogP contribution in [-0.4, -0.2) is 34.6 Å². The fourth-order valence-corrected chi connectivity index (χ4v) is 6.75. The van der Waals surface area contributed by atoms with Gasteiger partial charge in [0.1, 0.15) is 0 Å². The minimum atomic E-state index is -3.28. The van der Waals surface area contributed by atoms with Gasteiger partial charge in [-0.3, -0.25) is 0 Å². The first-order valence-electron chi connectivity index (χ1n) is 12.0. The van der Waals surface area contributed by atoms with Crippen molar-refractivity contribution in [3.05, 3.63) is 77.1 Å². The van der Waals surface area contributed by atoms with Gasteiger partial charge in [-0.15, -0.1) is 0 Å². The van der Waals surface area contributed by atoms with Crippen molar-refractivity contribution in [2.45, 2.75) is 55.1 Å². The summed E-state index contributed by atoms with van der Waals surface area (Å²) in [4.78, 5) is 9.15. The van der Waals surface area contributed by atoms with Gasteiger partial charge in [0, 0.05) is 29.2 Å². The van der Waals surface area contributed by atoms with Gasteiger partial charge in [-0.2, -0.15) is 0 Å². The molecule has 180 valence electrons. The maximum absolute atomic E-state index is 12.9. The molecular formula is C27H28N4O3S. The van der Waals surface area contributed by atoms with Gasteiger partial charge in [0.15, 0.2) is 9.84 Å². The Morgan fingerprint density at radius 2 is 1.69 bits per heavy atom. The van der Waals surface area contributed by atoms with Crippen molar-refractivity contribution >= 4 is 39.3 Å². The van der Waals surface area contributed by atoms with Crippen LogP contribution in [0.2, 0.25) is 0 Å². The zero-order valence-corrected chi connectivity index (χ0v) is 20.2. The Labute approximate surface area is 205 Å². The topological polar surface area (TPSA) is 105 Å². The highest BCUT2D eigenvalue weighted by atomic mass is 32.2. The van der Waals surface area contributed by atoms with E-state index in [0.29, 0.717) is 10.8 Å². The van der Waals surface area contributed by atoms with Crippen LogP contribution in [0, 0.1) is 0 Å². The normalized spacial score (nSPS) is 17.7. The van der Waals surface area contributed by atoms with E-state index in [2.05, 4.69) is 20.4 Å². The smallest absolute Gasteiger partial charge is 0.227 e. The molecule has 0 aliphatic heterocycles. The van der Waals surface area contributed by atoms with E-state index in [9.17, 15) is 8.42 Å². The van der Waals surface area contributed by atoms with E-state index in [-0.39, 0.29) is 5.25 Å². The van der Waals surface area contributed by atoms with E-state index < -0.39 is 9.84 Å². The van der Waals surface area contributed by atoms with Crippen LogP contribution in [0.3, 0.4) is 0 Å². The first-order chi connectivity index (χ1) is 17.0. The van der Waals surface area contributed by atoms with E-state index in [1.807, 2.05) is 30.4 Å². The summed E-state index contributed by atoms with van der Waals surface area (Å²) in [6.45, 7) is 0. The molecule has 0 spiro atoms. The van der Waals surface area contributed by atoms with Crippen molar-refractivity contribution in [2.24, 2.45) is 5.16 Å². The van der Waals surface area contributed by atoms with Crippen LogP contribution in [-0.2, 0) is 16.3 Å². The SMILES string of the molecule is O=S(=O)(c1ccc(Nc2ncc(/C=C/c3cccc4c3CC/C4=N/O)cn2)cc1)C1CCCCC1. The fourth-order valence-electron chi connectivity index (χ4n) is 4.89.